The number of halogens is 1. The van der Waals surface area contributed by atoms with Gasteiger partial charge in [-0.1, -0.05) is 13.3 Å². The minimum absolute atomic E-state index is 0.0946. The quantitative estimate of drug-likeness (QED) is 0.819. The smallest absolute Gasteiger partial charge is 0.127 e. The zero-order chi connectivity index (χ0) is 12.5. The van der Waals surface area contributed by atoms with Gasteiger partial charge in [0.2, 0.25) is 0 Å². The van der Waals surface area contributed by atoms with Gasteiger partial charge in [0.05, 0.1) is 19.8 Å². The van der Waals surface area contributed by atoms with Crippen molar-refractivity contribution in [3.05, 3.63) is 29.1 Å². The average molecular weight is 250 g/mol. The normalized spacial score (nSPS) is 23.1. The molecule has 2 aliphatic rings. The molecule has 0 spiro atoms. The lowest BCUT2D eigenvalue weighted by Crippen LogP contribution is -2.27. The Morgan fingerprint density at radius 3 is 2.78 bits per heavy atom. The van der Waals surface area contributed by atoms with Gasteiger partial charge in [-0.2, -0.15) is 0 Å². The highest BCUT2D eigenvalue weighted by Crippen LogP contribution is 2.35. The maximum atomic E-state index is 14.1. The maximum absolute atomic E-state index is 14.1. The third-order valence-electron chi connectivity index (χ3n) is 3.94. The molecule has 0 amide bonds. The highest BCUT2D eigenvalue weighted by molar-refractivity contribution is 5.42. The molecule has 2 heterocycles. The van der Waals surface area contributed by atoms with E-state index in [-0.39, 0.29) is 11.7 Å². The standard InChI is InChI=1S/C15H19FO2/c1-2-3-10-4-11-5-14(16)13(12-8-17-9-12)6-15(11)18-7-10/h5-6,10,12H,2-4,7-9H2,1H3. The summed E-state index contributed by atoms with van der Waals surface area (Å²) in [6.45, 7) is 4.21. The van der Waals surface area contributed by atoms with E-state index in [0.29, 0.717) is 19.1 Å². The van der Waals surface area contributed by atoms with E-state index < -0.39 is 0 Å². The lowest BCUT2D eigenvalue weighted by atomic mass is 9.89. The molecule has 2 aliphatic heterocycles. The molecule has 1 fully saturated rings. The Kier molecular flexibility index (Phi) is 3.25. The third kappa shape index (κ3) is 2.12. The molecule has 1 unspecified atom stereocenters. The van der Waals surface area contributed by atoms with Gasteiger partial charge in [-0.15, -0.1) is 0 Å². The van der Waals surface area contributed by atoms with Crippen LogP contribution in [0.25, 0.3) is 0 Å². The minimum Gasteiger partial charge on any atom is -0.493 e. The first-order chi connectivity index (χ1) is 8.78. The van der Waals surface area contributed by atoms with Gasteiger partial charge in [0, 0.05) is 5.92 Å². The number of hydrogen-bond donors (Lipinski definition) is 0. The van der Waals surface area contributed by atoms with E-state index in [9.17, 15) is 4.39 Å². The van der Waals surface area contributed by atoms with Gasteiger partial charge in [-0.25, -0.2) is 4.39 Å². The Balaban J connectivity index is 1.84. The monoisotopic (exact) mass is 250 g/mol. The van der Waals surface area contributed by atoms with Crippen LogP contribution in [-0.4, -0.2) is 19.8 Å². The molecule has 0 bridgehead atoms. The van der Waals surface area contributed by atoms with Crippen LogP contribution in [0, 0.1) is 11.7 Å². The van der Waals surface area contributed by atoms with E-state index in [4.69, 9.17) is 9.47 Å². The number of ether oxygens (including phenoxy) is 2. The summed E-state index contributed by atoms with van der Waals surface area (Å²) in [7, 11) is 0. The van der Waals surface area contributed by atoms with Crippen LogP contribution in [-0.2, 0) is 11.2 Å². The molecule has 3 rings (SSSR count). The Bertz CT molecular complexity index is 440. The van der Waals surface area contributed by atoms with Crippen molar-refractivity contribution in [2.45, 2.75) is 32.1 Å². The van der Waals surface area contributed by atoms with Gasteiger partial charge < -0.3 is 9.47 Å². The molecule has 0 aromatic heterocycles. The Hall–Kier alpha value is -1.09. The Morgan fingerprint density at radius 1 is 1.28 bits per heavy atom. The lowest BCUT2D eigenvalue weighted by molar-refractivity contribution is 0.00687. The van der Waals surface area contributed by atoms with Crippen LogP contribution in [0.15, 0.2) is 12.1 Å². The molecular formula is C15H19FO2. The number of rotatable bonds is 3. The van der Waals surface area contributed by atoms with Crippen molar-refractivity contribution in [2.24, 2.45) is 5.92 Å². The molecule has 1 saturated heterocycles. The molecule has 3 heteroatoms. The summed E-state index contributed by atoms with van der Waals surface area (Å²) in [4.78, 5) is 0. The van der Waals surface area contributed by atoms with Crippen molar-refractivity contribution in [2.75, 3.05) is 19.8 Å². The van der Waals surface area contributed by atoms with Crippen LogP contribution >= 0.6 is 0 Å². The van der Waals surface area contributed by atoms with Crippen molar-refractivity contribution >= 4 is 0 Å². The predicted octanol–water partition coefficient (Wildman–Crippen LogP) is 3.29. The maximum Gasteiger partial charge on any atom is 0.127 e. The summed E-state index contributed by atoms with van der Waals surface area (Å²) in [5, 5.41) is 0. The second kappa shape index (κ2) is 4.88. The molecule has 0 radical (unpaired) electrons. The molecule has 1 atom stereocenters. The molecule has 98 valence electrons. The molecular weight excluding hydrogens is 231 g/mol. The second-order valence-electron chi connectivity index (χ2n) is 5.39. The molecule has 0 aliphatic carbocycles. The Labute approximate surface area is 107 Å². The summed E-state index contributed by atoms with van der Waals surface area (Å²) in [5.41, 5.74) is 1.79. The summed E-state index contributed by atoms with van der Waals surface area (Å²) in [5.74, 6) is 1.54. The largest absolute Gasteiger partial charge is 0.493 e. The molecule has 18 heavy (non-hydrogen) atoms. The predicted molar refractivity (Wildman–Crippen MR) is 67.6 cm³/mol. The molecule has 1 aromatic carbocycles. The number of hydrogen-bond acceptors (Lipinski definition) is 2. The first kappa shape index (κ1) is 12.0. The average Bonchev–Trinajstić information content (AvgIpc) is 2.28. The molecule has 0 N–H and O–H groups in total. The first-order valence-electron chi connectivity index (χ1n) is 6.80. The van der Waals surface area contributed by atoms with E-state index in [0.717, 1.165) is 42.7 Å². The van der Waals surface area contributed by atoms with Gasteiger partial charge in [-0.05, 0) is 42.0 Å². The van der Waals surface area contributed by atoms with Crippen LogP contribution in [0.2, 0.25) is 0 Å². The first-order valence-corrected chi connectivity index (χ1v) is 6.80. The third-order valence-corrected chi connectivity index (χ3v) is 3.94. The second-order valence-corrected chi connectivity index (χ2v) is 5.39. The lowest BCUT2D eigenvalue weighted by Gasteiger charge is -2.30. The van der Waals surface area contributed by atoms with Crippen molar-refractivity contribution in [3.8, 4) is 5.75 Å². The van der Waals surface area contributed by atoms with Crippen LogP contribution in [0.3, 0.4) is 0 Å². The summed E-state index contributed by atoms with van der Waals surface area (Å²) in [6, 6.07) is 3.56. The van der Waals surface area contributed by atoms with Crippen LogP contribution in [0.4, 0.5) is 4.39 Å². The molecule has 1 aromatic rings. The topological polar surface area (TPSA) is 18.5 Å². The fraction of sp³-hybridized carbons (Fsp3) is 0.600. The molecule has 0 saturated carbocycles. The highest BCUT2D eigenvalue weighted by atomic mass is 19.1. The number of benzene rings is 1. The minimum atomic E-state index is -0.0946. The Morgan fingerprint density at radius 2 is 2.11 bits per heavy atom. The SMILES string of the molecule is CCCC1COc2cc(C3COC3)c(F)cc2C1. The van der Waals surface area contributed by atoms with Gasteiger partial charge in [0.15, 0.2) is 0 Å². The summed E-state index contributed by atoms with van der Waals surface area (Å²) in [6.07, 6.45) is 3.25. The van der Waals surface area contributed by atoms with Gasteiger partial charge in [0.1, 0.15) is 11.6 Å². The van der Waals surface area contributed by atoms with Crippen LogP contribution in [0.5, 0.6) is 5.75 Å². The van der Waals surface area contributed by atoms with Crippen molar-refractivity contribution in [1.82, 2.24) is 0 Å². The highest BCUT2D eigenvalue weighted by Gasteiger charge is 2.27. The van der Waals surface area contributed by atoms with Gasteiger partial charge in [0.25, 0.3) is 0 Å². The van der Waals surface area contributed by atoms with Crippen LogP contribution in [0.1, 0.15) is 36.8 Å². The van der Waals surface area contributed by atoms with E-state index in [1.807, 2.05) is 6.07 Å². The number of fused-ring (bicyclic) bond motifs is 1. The van der Waals surface area contributed by atoms with E-state index >= 15 is 0 Å². The van der Waals surface area contributed by atoms with E-state index in [1.165, 1.54) is 0 Å². The van der Waals surface area contributed by atoms with Crippen molar-refractivity contribution in [3.63, 3.8) is 0 Å². The van der Waals surface area contributed by atoms with E-state index in [1.54, 1.807) is 6.07 Å². The van der Waals surface area contributed by atoms with E-state index in [2.05, 4.69) is 6.92 Å². The van der Waals surface area contributed by atoms with Gasteiger partial charge in [-0.3, -0.25) is 0 Å². The summed E-state index contributed by atoms with van der Waals surface area (Å²) < 4.78 is 25.0. The van der Waals surface area contributed by atoms with Crippen LogP contribution < -0.4 is 4.74 Å². The fourth-order valence-electron chi connectivity index (χ4n) is 2.80. The molecule has 2 nitrogen and oxygen atoms in total. The fourth-order valence-corrected chi connectivity index (χ4v) is 2.80. The zero-order valence-electron chi connectivity index (χ0n) is 10.7. The van der Waals surface area contributed by atoms with Gasteiger partial charge >= 0.3 is 0 Å². The van der Waals surface area contributed by atoms with Crippen molar-refractivity contribution < 1.29 is 13.9 Å². The summed E-state index contributed by atoms with van der Waals surface area (Å²) >= 11 is 0. The zero-order valence-corrected chi connectivity index (χ0v) is 10.7. The van der Waals surface area contributed by atoms with Crippen molar-refractivity contribution in [1.29, 1.82) is 0 Å².